The third kappa shape index (κ3) is 6.57. The number of hydrogen-bond donors (Lipinski definition) is 3. The molecule has 45 heavy (non-hydrogen) atoms. The van der Waals surface area contributed by atoms with Crippen molar-refractivity contribution in [1.29, 1.82) is 0 Å². The number of aliphatic hydroxyl groups is 2. The van der Waals surface area contributed by atoms with Gasteiger partial charge in [-0.25, -0.2) is 17.9 Å². The van der Waals surface area contributed by atoms with E-state index in [1.165, 1.54) is 0 Å². The Kier molecular flexibility index (Phi) is 9.54. The lowest BCUT2D eigenvalue weighted by Gasteiger charge is -2.64. The second-order valence-corrected chi connectivity index (χ2v) is 16.3. The van der Waals surface area contributed by atoms with Crippen molar-refractivity contribution in [3.63, 3.8) is 0 Å². The molecule has 0 heterocycles. The summed E-state index contributed by atoms with van der Waals surface area (Å²) < 4.78 is 73.1. The largest absolute Gasteiger partial charge is 0.573 e. The van der Waals surface area contributed by atoms with Gasteiger partial charge in [-0.1, -0.05) is 34.1 Å². The number of rotatable bonds is 8. The Labute approximate surface area is 264 Å². The Morgan fingerprint density at radius 2 is 1.67 bits per heavy atom. The van der Waals surface area contributed by atoms with Crippen LogP contribution in [0.5, 0.6) is 5.75 Å². The summed E-state index contributed by atoms with van der Waals surface area (Å²) in [5, 5.41) is 22.4. The van der Waals surface area contributed by atoms with Crippen LogP contribution in [0, 0.1) is 52.3 Å². The average Bonchev–Trinajstić information content (AvgIpc) is 3.30. The third-order valence-electron chi connectivity index (χ3n) is 12.5. The summed E-state index contributed by atoms with van der Waals surface area (Å²) in [6, 6.07) is 3.53. The topological polar surface area (TPSA) is 122 Å². The lowest BCUT2D eigenvalue weighted by atomic mass is 9.41. The van der Waals surface area contributed by atoms with Crippen molar-refractivity contribution in [3.05, 3.63) is 24.3 Å². The van der Waals surface area contributed by atoms with Crippen molar-refractivity contribution >= 4 is 16.1 Å². The fraction of sp³-hybridized carbons (Fsp3) is 0.788. The Morgan fingerprint density at radius 1 is 1.02 bits per heavy atom. The zero-order valence-corrected chi connectivity index (χ0v) is 27.4. The van der Waals surface area contributed by atoms with Crippen LogP contribution < -0.4 is 9.46 Å². The van der Waals surface area contributed by atoms with Crippen LogP contribution in [0.3, 0.4) is 0 Å². The van der Waals surface area contributed by atoms with Gasteiger partial charge in [0.15, 0.2) is 0 Å². The molecule has 4 fully saturated rings. The quantitative estimate of drug-likeness (QED) is 0.286. The summed E-state index contributed by atoms with van der Waals surface area (Å²) in [4.78, 5) is 12.0. The Balaban J connectivity index is 1.18. The zero-order valence-electron chi connectivity index (χ0n) is 26.6. The molecule has 4 aliphatic carbocycles. The smallest absolute Gasteiger partial charge is 0.449 e. The normalized spacial score (nSPS) is 38.8. The minimum absolute atomic E-state index is 0.0206. The van der Waals surface area contributed by atoms with Gasteiger partial charge in [-0.15, -0.1) is 13.2 Å². The van der Waals surface area contributed by atoms with E-state index >= 15 is 0 Å². The molecule has 0 bridgehead atoms. The molecule has 8 nitrogen and oxygen atoms in total. The summed E-state index contributed by atoms with van der Waals surface area (Å²) in [5.41, 5.74) is 0.181. The van der Waals surface area contributed by atoms with Gasteiger partial charge < -0.3 is 19.7 Å². The molecule has 0 radical (unpaired) electrons. The highest BCUT2D eigenvalue weighted by molar-refractivity contribution is 7.90. The maximum absolute atomic E-state index is 12.6. The number of benzene rings is 1. The molecule has 0 spiro atoms. The molecule has 4 saturated carbocycles. The number of sulfonamides is 1. The van der Waals surface area contributed by atoms with Gasteiger partial charge >= 0.3 is 12.5 Å². The molecule has 3 N–H and O–H groups in total. The van der Waals surface area contributed by atoms with E-state index in [1.807, 2.05) is 4.72 Å². The minimum Gasteiger partial charge on any atom is -0.449 e. The number of carbonyl (C=O) groups excluding carboxylic acids is 1. The van der Waals surface area contributed by atoms with E-state index in [4.69, 9.17) is 4.74 Å². The summed E-state index contributed by atoms with van der Waals surface area (Å²) in [5.74, 6) is 1.63. The minimum atomic E-state index is -4.91. The number of carbonyl (C=O) groups is 1. The van der Waals surface area contributed by atoms with Crippen molar-refractivity contribution in [2.45, 2.75) is 109 Å². The Bertz CT molecular complexity index is 1320. The van der Waals surface area contributed by atoms with Gasteiger partial charge in [-0.3, -0.25) is 0 Å². The van der Waals surface area contributed by atoms with Crippen LogP contribution in [0.15, 0.2) is 29.2 Å². The molecule has 0 aromatic heterocycles. The van der Waals surface area contributed by atoms with E-state index < -0.39 is 33.1 Å². The maximum Gasteiger partial charge on any atom is 0.573 e. The molecule has 1 amide bonds. The predicted molar refractivity (Wildman–Crippen MR) is 160 cm³/mol. The van der Waals surface area contributed by atoms with Crippen LogP contribution in [0.4, 0.5) is 18.0 Å². The molecule has 254 valence electrons. The third-order valence-corrected chi connectivity index (χ3v) is 13.9. The van der Waals surface area contributed by atoms with E-state index in [9.17, 15) is 36.6 Å². The highest BCUT2D eigenvalue weighted by atomic mass is 32.2. The summed E-state index contributed by atoms with van der Waals surface area (Å²) in [6.45, 7) is 9.14. The molecule has 1 aromatic carbocycles. The van der Waals surface area contributed by atoms with E-state index in [0.717, 1.165) is 75.6 Å². The zero-order chi connectivity index (χ0) is 32.9. The molecule has 0 saturated heterocycles. The van der Waals surface area contributed by atoms with Crippen molar-refractivity contribution in [1.82, 2.24) is 4.72 Å². The second-order valence-electron chi connectivity index (χ2n) is 14.6. The standard InChI is InChI=1S/C33H48F3NO7S/c1-5-23-27-18-20(38)12-15-32(27,4)26-13-16-31(3)24(10-11-25(31)28(26)29(23)39)19(2)14-17-43-30(40)37-45(41,42)22-8-6-21(7-9-22)44-33(34,35)36/h6-9,19-20,23-29,38-39H,5,10-18H2,1-4H3,(H,37,40)/t19-,20-,23-,24?,25?,26?,27?,28?,29-,31-,32?/m1/s1. The number of halogens is 3. The van der Waals surface area contributed by atoms with Crippen molar-refractivity contribution < 1.29 is 46.1 Å². The monoisotopic (exact) mass is 659 g/mol. The summed E-state index contributed by atoms with van der Waals surface area (Å²) in [7, 11) is -4.35. The molecule has 1 aromatic rings. The van der Waals surface area contributed by atoms with Crippen LogP contribution >= 0.6 is 0 Å². The highest BCUT2D eigenvalue weighted by Crippen LogP contribution is 2.69. The molecular weight excluding hydrogens is 611 g/mol. The molecule has 6 unspecified atom stereocenters. The number of alkyl halides is 3. The Morgan fingerprint density at radius 3 is 2.31 bits per heavy atom. The number of amides is 1. The van der Waals surface area contributed by atoms with Crippen LogP contribution in [-0.2, 0) is 14.8 Å². The Hall–Kier alpha value is -2.05. The first kappa shape index (κ1) is 34.3. The van der Waals surface area contributed by atoms with E-state index in [2.05, 4.69) is 32.4 Å². The number of fused-ring (bicyclic) bond motifs is 5. The first-order valence-corrected chi connectivity index (χ1v) is 17.9. The number of hydrogen-bond acceptors (Lipinski definition) is 7. The fourth-order valence-corrected chi connectivity index (χ4v) is 11.4. The van der Waals surface area contributed by atoms with Crippen LogP contribution in [0.2, 0.25) is 0 Å². The van der Waals surface area contributed by atoms with Gasteiger partial charge in [0.1, 0.15) is 5.75 Å². The van der Waals surface area contributed by atoms with Gasteiger partial charge in [0, 0.05) is 0 Å². The fourth-order valence-electron chi connectivity index (χ4n) is 10.5. The lowest BCUT2D eigenvalue weighted by molar-refractivity contribution is -0.274. The molecule has 11 atom stereocenters. The molecule has 5 rings (SSSR count). The van der Waals surface area contributed by atoms with E-state index in [-0.39, 0.29) is 47.4 Å². The first-order valence-electron chi connectivity index (χ1n) is 16.4. The first-order chi connectivity index (χ1) is 21.0. The molecular formula is C33H48F3NO7S. The van der Waals surface area contributed by atoms with Crippen LogP contribution in [0.1, 0.15) is 85.5 Å². The van der Waals surface area contributed by atoms with E-state index in [0.29, 0.717) is 30.1 Å². The number of aliphatic hydroxyl groups excluding tert-OH is 2. The van der Waals surface area contributed by atoms with Gasteiger partial charge in [0.2, 0.25) is 0 Å². The lowest BCUT2D eigenvalue weighted by Crippen LogP contribution is -2.62. The van der Waals surface area contributed by atoms with Crippen LogP contribution in [0.25, 0.3) is 0 Å². The molecule has 12 heteroatoms. The molecule has 4 aliphatic rings. The van der Waals surface area contributed by atoms with Gasteiger partial charge in [0.25, 0.3) is 10.0 Å². The predicted octanol–water partition coefficient (Wildman–Crippen LogP) is 6.65. The number of ether oxygens (including phenoxy) is 2. The van der Waals surface area contributed by atoms with E-state index in [1.54, 1.807) is 0 Å². The maximum atomic E-state index is 12.6. The molecule has 0 aliphatic heterocycles. The average molecular weight is 660 g/mol. The van der Waals surface area contributed by atoms with Crippen LogP contribution in [-0.4, -0.2) is 49.9 Å². The van der Waals surface area contributed by atoms with Gasteiger partial charge in [0.05, 0.1) is 23.7 Å². The second kappa shape index (κ2) is 12.5. The van der Waals surface area contributed by atoms with Gasteiger partial charge in [-0.2, -0.15) is 0 Å². The summed E-state index contributed by atoms with van der Waals surface area (Å²) >= 11 is 0. The van der Waals surface area contributed by atoms with Crippen molar-refractivity contribution in [2.24, 2.45) is 52.3 Å². The number of nitrogens with one attached hydrogen (secondary N) is 1. The SMILES string of the molecule is CC[C@@H]1C2C[C@H](O)CCC2(C)C2CC[C@@]3(C)C(CCC3[C@H](C)CCOC(=O)NS(=O)(=O)c3ccc(OC(F)(F)F)cc3)C2[C@@H]1O. The van der Waals surface area contributed by atoms with Crippen molar-refractivity contribution in [3.8, 4) is 5.75 Å². The highest BCUT2D eigenvalue weighted by Gasteiger charge is 2.64. The van der Waals surface area contributed by atoms with Crippen molar-refractivity contribution in [2.75, 3.05) is 6.61 Å². The van der Waals surface area contributed by atoms with Gasteiger partial charge in [-0.05, 0) is 128 Å². The summed E-state index contributed by atoms with van der Waals surface area (Å²) in [6.07, 6.45) is 1.62.